The van der Waals surface area contributed by atoms with Gasteiger partial charge in [0, 0.05) is 6.42 Å². The first kappa shape index (κ1) is 15.2. The Morgan fingerprint density at radius 1 is 1.30 bits per heavy atom. The van der Waals surface area contributed by atoms with Gasteiger partial charge in [-0.15, -0.1) is 0 Å². The minimum absolute atomic E-state index is 0.136. The van der Waals surface area contributed by atoms with Crippen molar-refractivity contribution in [2.24, 2.45) is 5.92 Å². The third-order valence-electron chi connectivity index (χ3n) is 4.06. The zero-order chi connectivity index (χ0) is 15.0. The molecular formula is C15H20O4S. The summed E-state index contributed by atoms with van der Waals surface area (Å²) in [5.41, 5.74) is -1.80. The minimum Gasteiger partial charge on any atom is -0.381 e. The van der Waals surface area contributed by atoms with Crippen LogP contribution in [0.5, 0.6) is 0 Å². The summed E-state index contributed by atoms with van der Waals surface area (Å²) in [6, 6.07) is 8.05. The summed E-state index contributed by atoms with van der Waals surface area (Å²) in [5.74, 6) is -0.687. The Hall–Kier alpha value is -1.20. The minimum atomic E-state index is -3.72. The molecule has 20 heavy (non-hydrogen) atoms. The molecule has 3 atom stereocenters. The zero-order valence-electron chi connectivity index (χ0n) is 11.7. The van der Waals surface area contributed by atoms with Crippen molar-refractivity contribution < 1.29 is 18.3 Å². The van der Waals surface area contributed by atoms with Crippen molar-refractivity contribution in [3.8, 4) is 0 Å². The van der Waals surface area contributed by atoms with Crippen LogP contribution in [-0.2, 0) is 14.6 Å². The Morgan fingerprint density at radius 3 is 2.45 bits per heavy atom. The molecule has 0 amide bonds. The largest absolute Gasteiger partial charge is 0.381 e. The van der Waals surface area contributed by atoms with E-state index in [1.165, 1.54) is 19.1 Å². The molecule has 2 rings (SSSR count). The van der Waals surface area contributed by atoms with Gasteiger partial charge in [0.05, 0.1) is 4.90 Å². The van der Waals surface area contributed by atoms with E-state index in [9.17, 15) is 18.3 Å². The molecule has 1 aromatic rings. The van der Waals surface area contributed by atoms with E-state index in [2.05, 4.69) is 0 Å². The molecule has 0 aliphatic heterocycles. The first-order valence-corrected chi connectivity index (χ1v) is 8.41. The second kappa shape index (κ2) is 5.30. The van der Waals surface area contributed by atoms with E-state index >= 15 is 0 Å². The van der Waals surface area contributed by atoms with Gasteiger partial charge in [0.2, 0.25) is 0 Å². The third kappa shape index (κ3) is 2.40. The molecule has 0 bridgehead atoms. The van der Waals surface area contributed by atoms with E-state index in [-0.39, 0.29) is 23.0 Å². The summed E-state index contributed by atoms with van der Waals surface area (Å²) in [5, 5.41) is 9.34. The number of hydrogen-bond donors (Lipinski definition) is 1. The quantitative estimate of drug-likeness (QED) is 0.922. The van der Waals surface area contributed by atoms with Gasteiger partial charge in [-0.05, 0) is 31.4 Å². The molecule has 0 spiro atoms. The summed E-state index contributed by atoms with van der Waals surface area (Å²) in [4.78, 5) is 12.1. The predicted molar refractivity (Wildman–Crippen MR) is 76.1 cm³/mol. The maximum atomic E-state index is 12.8. The van der Waals surface area contributed by atoms with Crippen LogP contribution in [0.15, 0.2) is 35.2 Å². The molecule has 0 radical (unpaired) electrons. The van der Waals surface area contributed by atoms with Crippen molar-refractivity contribution in [1.29, 1.82) is 0 Å². The van der Waals surface area contributed by atoms with Gasteiger partial charge in [0.1, 0.15) is 10.9 Å². The second-order valence-corrected chi connectivity index (χ2v) is 7.67. The molecule has 1 saturated carbocycles. The smallest absolute Gasteiger partial charge is 0.184 e. The van der Waals surface area contributed by atoms with Gasteiger partial charge in [0.25, 0.3) is 0 Å². The van der Waals surface area contributed by atoms with Gasteiger partial charge in [-0.2, -0.15) is 0 Å². The third-order valence-corrected chi connectivity index (χ3v) is 6.50. The van der Waals surface area contributed by atoms with Gasteiger partial charge in [-0.3, -0.25) is 4.79 Å². The van der Waals surface area contributed by atoms with Gasteiger partial charge in [-0.25, -0.2) is 8.42 Å². The highest BCUT2D eigenvalue weighted by Gasteiger charge is 2.56. The number of carbonyl (C=O) groups excluding carboxylic acids is 1. The fourth-order valence-electron chi connectivity index (χ4n) is 3.11. The van der Waals surface area contributed by atoms with E-state index in [4.69, 9.17) is 0 Å². The van der Waals surface area contributed by atoms with E-state index in [0.717, 1.165) is 6.42 Å². The molecule has 0 heterocycles. The number of benzene rings is 1. The van der Waals surface area contributed by atoms with E-state index < -0.39 is 20.7 Å². The van der Waals surface area contributed by atoms with Crippen LogP contribution in [0.3, 0.4) is 0 Å². The molecule has 1 fully saturated rings. The number of rotatable bonds is 4. The van der Waals surface area contributed by atoms with Crippen LogP contribution in [0.1, 0.15) is 33.1 Å². The highest BCUT2D eigenvalue weighted by Crippen LogP contribution is 2.41. The Balaban J connectivity index is 2.49. The lowest BCUT2D eigenvalue weighted by Crippen LogP contribution is -2.46. The number of aliphatic hydroxyl groups is 1. The fourth-order valence-corrected chi connectivity index (χ4v) is 5.41. The van der Waals surface area contributed by atoms with Crippen molar-refractivity contribution in [3.05, 3.63) is 30.3 Å². The van der Waals surface area contributed by atoms with Crippen LogP contribution in [0.25, 0.3) is 0 Å². The SMILES string of the molecule is CCC[C@@H]1CC(=O)[C@](C)(O)[C@H]1S(=O)(=O)c1ccccc1. The lowest BCUT2D eigenvalue weighted by molar-refractivity contribution is -0.131. The first-order valence-electron chi connectivity index (χ1n) is 6.86. The molecule has 110 valence electrons. The molecule has 4 nitrogen and oxygen atoms in total. The average Bonchev–Trinajstić information content (AvgIpc) is 2.61. The van der Waals surface area contributed by atoms with Crippen LogP contribution in [-0.4, -0.2) is 30.2 Å². The summed E-state index contributed by atoms with van der Waals surface area (Å²) in [7, 11) is -3.72. The van der Waals surface area contributed by atoms with Gasteiger partial charge < -0.3 is 5.11 Å². The molecule has 1 aromatic carbocycles. The molecule has 5 heteroatoms. The molecule has 0 saturated heterocycles. The van der Waals surface area contributed by atoms with Crippen molar-refractivity contribution in [2.75, 3.05) is 0 Å². The van der Waals surface area contributed by atoms with E-state index in [1.807, 2.05) is 6.92 Å². The lowest BCUT2D eigenvalue weighted by Gasteiger charge is -2.27. The van der Waals surface area contributed by atoms with Crippen LogP contribution in [0.2, 0.25) is 0 Å². The molecule has 0 aromatic heterocycles. The van der Waals surface area contributed by atoms with Gasteiger partial charge in [-0.1, -0.05) is 31.5 Å². The molecule has 1 N–H and O–H groups in total. The average molecular weight is 296 g/mol. The second-order valence-electron chi connectivity index (χ2n) is 5.60. The molecule has 1 aliphatic rings. The standard InChI is InChI=1S/C15H20O4S/c1-3-7-11-10-13(16)15(2,17)14(11)20(18,19)12-8-5-4-6-9-12/h4-6,8-9,11,14,17H,3,7,10H2,1-2H3/t11-,14+,15+/m1/s1. The van der Waals surface area contributed by atoms with Crippen molar-refractivity contribution in [3.63, 3.8) is 0 Å². The van der Waals surface area contributed by atoms with Gasteiger partial charge >= 0.3 is 0 Å². The number of carbonyl (C=O) groups is 1. The number of hydrogen-bond acceptors (Lipinski definition) is 4. The first-order chi connectivity index (χ1) is 9.31. The zero-order valence-corrected chi connectivity index (χ0v) is 12.6. The highest BCUT2D eigenvalue weighted by atomic mass is 32.2. The Morgan fingerprint density at radius 2 is 1.90 bits per heavy atom. The maximum absolute atomic E-state index is 12.8. The predicted octanol–water partition coefficient (Wildman–Crippen LogP) is 1.97. The molecule has 1 aliphatic carbocycles. The normalized spacial score (nSPS) is 30.6. The summed E-state index contributed by atoms with van der Waals surface area (Å²) >= 11 is 0. The maximum Gasteiger partial charge on any atom is 0.184 e. The Kier molecular flexibility index (Phi) is 4.02. The number of ketones is 1. The summed E-state index contributed by atoms with van der Waals surface area (Å²) in [6.45, 7) is 3.28. The Bertz CT molecular complexity index is 590. The Labute approximate surface area is 119 Å². The fraction of sp³-hybridized carbons (Fsp3) is 0.533. The van der Waals surface area contributed by atoms with Crippen molar-refractivity contribution in [1.82, 2.24) is 0 Å². The van der Waals surface area contributed by atoms with Crippen LogP contribution in [0, 0.1) is 5.92 Å². The number of Topliss-reactive ketones (excluding diaryl/α,β-unsaturated/α-hetero) is 1. The monoisotopic (exact) mass is 296 g/mol. The van der Waals surface area contributed by atoms with E-state index in [0.29, 0.717) is 6.42 Å². The van der Waals surface area contributed by atoms with Gasteiger partial charge in [0.15, 0.2) is 15.6 Å². The van der Waals surface area contributed by atoms with Crippen LogP contribution in [0.4, 0.5) is 0 Å². The summed E-state index contributed by atoms with van der Waals surface area (Å²) < 4.78 is 25.5. The van der Waals surface area contributed by atoms with Crippen LogP contribution < -0.4 is 0 Å². The lowest BCUT2D eigenvalue weighted by atomic mass is 9.98. The van der Waals surface area contributed by atoms with Crippen molar-refractivity contribution in [2.45, 2.75) is 48.9 Å². The molecular weight excluding hydrogens is 276 g/mol. The van der Waals surface area contributed by atoms with Crippen molar-refractivity contribution >= 4 is 15.6 Å². The van der Waals surface area contributed by atoms with Crippen LogP contribution >= 0.6 is 0 Å². The molecule has 0 unspecified atom stereocenters. The van der Waals surface area contributed by atoms with E-state index in [1.54, 1.807) is 18.2 Å². The number of sulfone groups is 1. The topological polar surface area (TPSA) is 71.4 Å². The highest BCUT2D eigenvalue weighted by molar-refractivity contribution is 7.92. The summed E-state index contributed by atoms with van der Waals surface area (Å²) in [6.07, 6.45) is 1.55.